The van der Waals surface area contributed by atoms with Crippen LogP contribution in [0.2, 0.25) is 0 Å². The molecule has 2 N–H and O–H groups in total. The number of hydrogen-bond acceptors (Lipinski definition) is 9. The van der Waals surface area contributed by atoms with Crippen LogP contribution in [0, 0.1) is 5.82 Å². The van der Waals surface area contributed by atoms with Crippen molar-refractivity contribution < 1.29 is 32.3 Å². The van der Waals surface area contributed by atoms with E-state index in [1.807, 2.05) is 25.5 Å². The summed E-state index contributed by atoms with van der Waals surface area (Å²) >= 11 is 0. The fourth-order valence-electron chi connectivity index (χ4n) is 3.54. The van der Waals surface area contributed by atoms with E-state index in [9.17, 15) is 22.7 Å². The van der Waals surface area contributed by atoms with Crippen LogP contribution in [0.4, 0.5) is 10.2 Å². The van der Waals surface area contributed by atoms with E-state index in [4.69, 9.17) is 9.59 Å². The molecule has 2 heterocycles. The highest BCUT2D eigenvalue weighted by molar-refractivity contribution is 7.90. The summed E-state index contributed by atoms with van der Waals surface area (Å²) in [5, 5.41) is 13.9. The summed E-state index contributed by atoms with van der Waals surface area (Å²) in [6, 6.07) is 6.84. The van der Waals surface area contributed by atoms with E-state index in [1.54, 1.807) is 12.1 Å². The summed E-state index contributed by atoms with van der Waals surface area (Å²) in [7, 11) is -1.85. The first-order valence-corrected chi connectivity index (χ1v) is 13.1. The summed E-state index contributed by atoms with van der Waals surface area (Å²) < 4.78 is 37.6. The molecule has 1 aromatic carbocycles. The number of fused-ring (bicyclic) bond motifs is 1. The zero-order chi connectivity index (χ0) is 28.2. The standard InChI is InChI=1S/C23H27FN4O4S.2CH2O/c1-4-5-6-12-28(2)22-17-8-7-11-25-19(17)21(29)20(27-22)23(30)26-14-15-9-10-16(24)13-18(15)33(3,31)32;2*1-2/h7-11,13,29H,4-6,12,14H2,1-3H3,(H,26,30);2*1H2. The molecule has 0 aliphatic heterocycles. The molecule has 10 nitrogen and oxygen atoms in total. The quantitative estimate of drug-likeness (QED) is 0.395. The van der Waals surface area contributed by atoms with Gasteiger partial charge in [0.1, 0.15) is 30.7 Å². The third-order valence-corrected chi connectivity index (χ3v) is 6.44. The van der Waals surface area contributed by atoms with Gasteiger partial charge in [-0.15, -0.1) is 0 Å². The zero-order valence-electron chi connectivity index (χ0n) is 21.0. The summed E-state index contributed by atoms with van der Waals surface area (Å²) in [5.74, 6) is -1.25. The van der Waals surface area contributed by atoms with Gasteiger partial charge in [-0.1, -0.05) is 25.8 Å². The first-order valence-electron chi connectivity index (χ1n) is 11.2. The fraction of sp³-hybridized carbons (Fsp3) is 0.320. The molecule has 0 radical (unpaired) electrons. The van der Waals surface area contributed by atoms with Gasteiger partial charge in [-0.3, -0.25) is 9.78 Å². The van der Waals surface area contributed by atoms with Gasteiger partial charge in [0.05, 0.1) is 4.90 Å². The van der Waals surface area contributed by atoms with E-state index < -0.39 is 21.6 Å². The summed E-state index contributed by atoms with van der Waals surface area (Å²) in [4.78, 5) is 39.3. The van der Waals surface area contributed by atoms with Crippen LogP contribution in [0.25, 0.3) is 10.9 Å². The van der Waals surface area contributed by atoms with Crippen LogP contribution in [0.1, 0.15) is 42.2 Å². The predicted octanol–water partition coefficient (Wildman–Crippen LogP) is 3.06. The average molecular weight is 535 g/mol. The van der Waals surface area contributed by atoms with Crippen molar-refractivity contribution in [3.63, 3.8) is 0 Å². The van der Waals surface area contributed by atoms with Gasteiger partial charge in [0, 0.05) is 38.0 Å². The molecule has 1 amide bonds. The number of sulfone groups is 1. The molecule has 0 atom stereocenters. The second kappa shape index (κ2) is 14.6. The number of nitrogens with one attached hydrogen (secondary N) is 1. The van der Waals surface area contributed by atoms with E-state index in [1.165, 1.54) is 12.3 Å². The van der Waals surface area contributed by atoms with Crippen LogP contribution in [0.5, 0.6) is 5.75 Å². The molecule has 37 heavy (non-hydrogen) atoms. The molecule has 0 saturated carbocycles. The van der Waals surface area contributed by atoms with Crippen molar-refractivity contribution in [1.82, 2.24) is 15.3 Å². The molecule has 2 aromatic heterocycles. The molecular weight excluding hydrogens is 503 g/mol. The van der Waals surface area contributed by atoms with Crippen molar-refractivity contribution in [2.75, 3.05) is 24.7 Å². The number of anilines is 1. The van der Waals surface area contributed by atoms with Crippen molar-refractivity contribution in [2.24, 2.45) is 0 Å². The van der Waals surface area contributed by atoms with Gasteiger partial charge in [0.25, 0.3) is 5.91 Å². The van der Waals surface area contributed by atoms with Crippen LogP contribution in [0.3, 0.4) is 0 Å². The Morgan fingerprint density at radius 2 is 1.84 bits per heavy atom. The van der Waals surface area contributed by atoms with Crippen LogP contribution in [-0.4, -0.2) is 62.8 Å². The summed E-state index contributed by atoms with van der Waals surface area (Å²) in [5.41, 5.74) is 0.248. The lowest BCUT2D eigenvalue weighted by molar-refractivity contribution is -0.0987. The SMILES string of the molecule is C=O.C=O.CCCCCN(C)c1nc(C(=O)NCc2ccc(F)cc2S(C)(=O)=O)c(O)c2ncccc12. The monoisotopic (exact) mass is 534 g/mol. The number of hydrogen-bond donors (Lipinski definition) is 2. The molecule has 0 bridgehead atoms. The third-order valence-electron chi connectivity index (χ3n) is 5.26. The number of amides is 1. The van der Waals surface area contributed by atoms with Gasteiger partial charge >= 0.3 is 0 Å². The number of unbranched alkanes of at least 4 members (excludes halogenated alkanes) is 2. The fourth-order valence-corrected chi connectivity index (χ4v) is 4.48. The Hall–Kier alpha value is -3.93. The predicted molar refractivity (Wildman–Crippen MR) is 139 cm³/mol. The Bertz CT molecular complexity index is 1320. The Morgan fingerprint density at radius 1 is 1.16 bits per heavy atom. The van der Waals surface area contributed by atoms with Gasteiger partial charge in [0.15, 0.2) is 21.3 Å². The lowest BCUT2D eigenvalue weighted by Gasteiger charge is -2.21. The lowest BCUT2D eigenvalue weighted by Crippen LogP contribution is -2.27. The van der Waals surface area contributed by atoms with E-state index in [0.29, 0.717) is 17.7 Å². The van der Waals surface area contributed by atoms with Crippen molar-refractivity contribution in [3.8, 4) is 5.75 Å². The normalized spacial score (nSPS) is 10.5. The Balaban J connectivity index is 0.00000163. The lowest BCUT2D eigenvalue weighted by atomic mass is 10.1. The van der Waals surface area contributed by atoms with E-state index in [2.05, 4.69) is 22.2 Å². The largest absolute Gasteiger partial charge is 0.504 e. The van der Waals surface area contributed by atoms with Crippen molar-refractivity contribution in [2.45, 2.75) is 37.6 Å². The molecule has 12 heteroatoms. The highest BCUT2D eigenvalue weighted by Crippen LogP contribution is 2.32. The number of aromatic hydroxyl groups is 1. The number of halogens is 1. The van der Waals surface area contributed by atoms with Gasteiger partial charge < -0.3 is 24.9 Å². The molecule has 3 aromatic rings. The van der Waals surface area contributed by atoms with Crippen LogP contribution in [0.15, 0.2) is 41.4 Å². The molecule has 3 rings (SSSR count). The molecule has 0 fully saturated rings. The highest BCUT2D eigenvalue weighted by Gasteiger charge is 2.22. The molecule has 0 unspecified atom stereocenters. The second-order valence-corrected chi connectivity index (χ2v) is 9.85. The number of carbonyl (C=O) groups excluding carboxylic acids is 3. The maximum absolute atomic E-state index is 13.6. The third kappa shape index (κ3) is 8.04. The maximum Gasteiger partial charge on any atom is 0.274 e. The van der Waals surface area contributed by atoms with Crippen LogP contribution in [-0.2, 0) is 26.0 Å². The van der Waals surface area contributed by atoms with Crippen molar-refractivity contribution in [3.05, 3.63) is 53.6 Å². The van der Waals surface area contributed by atoms with E-state index in [-0.39, 0.29) is 34.0 Å². The number of aromatic nitrogens is 2. The summed E-state index contributed by atoms with van der Waals surface area (Å²) in [6.07, 6.45) is 5.53. The van der Waals surface area contributed by atoms with Crippen LogP contribution >= 0.6 is 0 Å². The van der Waals surface area contributed by atoms with E-state index in [0.717, 1.165) is 37.7 Å². The van der Waals surface area contributed by atoms with Crippen molar-refractivity contribution >= 4 is 46.0 Å². The zero-order valence-corrected chi connectivity index (χ0v) is 21.8. The first kappa shape index (κ1) is 31.1. The minimum absolute atomic E-state index is 0.190. The number of pyridine rings is 2. The molecular formula is C25H31FN4O6S. The Kier molecular flexibility index (Phi) is 12.3. The van der Waals surface area contributed by atoms with Gasteiger partial charge in [-0.05, 0) is 36.2 Å². The average Bonchev–Trinajstić information content (AvgIpc) is 2.90. The summed E-state index contributed by atoms with van der Waals surface area (Å²) in [6.45, 7) is 6.63. The first-order chi connectivity index (χ1) is 17.6. The smallest absolute Gasteiger partial charge is 0.274 e. The molecule has 0 spiro atoms. The van der Waals surface area contributed by atoms with Gasteiger partial charge in [-0.2, -0.15) is 0 Å². The topological polar surface area (TPSA) is 147 Å². The van der Waals surface area contributed by atoms with Crippen molar-refractivity contribution in [1.29, 1.82) is 0 Å². The molecule has 0 aliphatic rings. The number of rotatable bonds is 9. The highest BCUT2D eigenvalue weighted by atomic mass is 32.2. The maximum atomic E-state index is 13.6. The van der Waals surface area contributed by atoms with Gasteiger partial charge in [-0.25, -0.2) is 17.8 Å². The van der Waals surface area contributed by atoms with Gasteiger partial charge in [0.2, 0.25) is 0 Å². The Morgan fingerprint density at radius 3 is 2.46 bits per heavy atom. The Labute approximate surface area is 215 Å². The molecule has 0 aliphatic carbocycles. The number of carbonyl (C=O) groups is 3. The van der Waals surface area contributed by atoms with E-state index >= 15 is 0 Å². The minimum Gasteiger partial charge on any atom is -0.504 e. The number of nitrogens with zero attached hydrogens (tertiary/aromatic N) is 3. The molecule has 0 saturated heterocycles. The van der Waals surface area contributed by atoms with Crippen LogP contribution < -0.4 is 10.2 Å². The second-order valence-electron chi connectivity index (χ2n) is 7.87. The minimum atomic E-state index is -3.71. The number of benzene rings is 1. The molecule has 200 valence electrons.